The SMILES string of the molecule is Cc1ccccc1C(c1cnc(NC(=O)C2(c3ccc4c(c3)OCO4)CC2)s1)N(C)C. The third-order valence-corrected chi connectivity index (χ3v) is 7.09. The number of fused-ring (bicyclic) bond motifs is 1. The summed E-state index contributed by atoms with van der Waals surface area (Å²) in [6.45, 7) is 2.35. The Morgan fingerprint density at radius 3 is 2.68 bits per heavy atom. The largest absolute Gasteiger partial charge is 0.454 e. The van der Waals surface area contributed by atoms with Crippen molar-refractivity contribution < 1.29 is 14.3 Å². The van der Waals surface area contributed by atoms with Gasteiger partial charge in [-0.3, -0.25) is 9.69 Å². The molecule has 2 heterocycles. The Bertz CT molecular complexity index is 1140. The molecule has 1 aromatic heterocycles. The molecule has 0 spiro atoms. The highest BCUT2D eigenvalue weighted by Crippen LogP contribution is 2.51. The second-order valence-electron chi connectivity index (χ2n) is 8.39. The van der Waals surface area contributed by atoms with Crippen molar-refractivity contribution in [2.24, 2.45) is 0 Å². The van der Waals surface area contributed by atoms with Crippen molar-refractivity contribution in [3.63, 3.8) is 0 Å². The molecule has 0 bridgehead atoms. The molecule has 1 saturated carbocycles. The second kappa shape index (κ2) is 7.66. The van der Waals surface area contributed by atoms with E-state index in [1.165, 1.54) is 22.5 Å². The fraction of sp³-hybridized carbons (Fsp3) is 0.333. The van der Waals surface area contributed by atoms with E-state index in [0.29, 0.717) is 10.9 Å². The quantitative estimate of drug-likeness (QED) is 0.618. The van der Waals surface area contributed by atoms with Crippen LogP contribution in [0.15, 0.2) is 48.7 Å². The van der Waals surface area contributed by atoms with E-state index in [2.05, 4.69) is 60.5 Å². The van der Waals surface area contributed by atoms with Gasteiger partial charge in [0.05, 0.1) is 11.5 Å². The summed E-state index contributed by atoms with van der Waals surface area (Å²) in [6, 6.07) is 14.3. The molecule has 1 unspecified atom stereocenters. The van der Waals surface area contributed by atoms with E-state index in [0.717, 1.165) is 29.0 Å². The highest BCUT2D eigenvalue weighted by Gasteiger charge is 2.52. The second-order valence-corrected chi connectivity index (χ2v) is 9.46. The van der Waals surface area contributed by atoms with Crippen molar-refractivity contribution in [1.29, 1.82) is 0 Å². The number of thiazole rings is 1. The Morgan fingerprint density at radius 1 is 1.16 bits per heavy atom. The first-order valence-corrected chi connectivity index (χ1v) is 11.2. The predicted octanol–water partition coefficient (Wildman–Crippen LogP) is 4.50. The molecule has 1 aliphatic carbocycles. The zero-order valence-electron chi connectivity index (χ0n) is 17.8. The van der Waals surface area contributed by atoms with Crippen LogP contribution in [-0.4, -0.2) is 36.7 Å². The van der Waals surface area contributed by atoms with Crippen LogP contribution in [0.25, 0.3) is 0 Å². The zero-order valence-corrected chi connectivity index (χ0v) is 18.7. The van der Waals surface area contributed by atoms with E-state index in [1.54, 1.807) is 0 Å². The van der Waals surface area contributed by atoms with Crippen LogP contribution in [0, 0.1) is 6.92 Å². The van der Waals surface area contributed by atoms with Gasteiger partial charge in [-0.05, 0) is 62.7 Å². The van der Waals surface area contributed by atoms with Gasteiger partial charge in [0.15, 0.2) is 16.6 Å². The van der Waals surface area contributed by atoms with Crippen molar-refractivity contribution in [3.8, 4) is 11.5 Å². The van der Waals surface area contributed by atoms with Gasteiger partial charge >= 0.3 is 0 Å². The van der Waals surface area contributed by atoms with Gasteiger partial charge in [0.1, 0.15) is 0 Å². The van der Waals surface area contributed by atoms with Gasteiger partial charge in [-0.2, -0.15) is 0 Å². The number of benzene rings is 2. The van der Waals surface area contributed by atoms with E-state index in [-0.39, 0.29) is 18.7 Å². The van der Waals surface area contributed by atoms with Crippen LogP contribution >= 0.6 is 11.3 Å². The van der Waals surface area contributed by atoms with Crippen LogP contribution in [0.5, 0.6) is 11.5 Å². The molecule has 6 nitrogen and oxygen atoms in total. The Labute approximate surface area is 185 Å². The molecule has 2 aromatic carbocycles. The van der Waals surface area contributed by atoms with E-state index in [4.69, 9.17) is 9.47 Å². The molecule has 0 radical (unpaired) electrons. The number of nitrogens with one attached hydrogen (secondary N) is 1. The van der Waals surface area contributed by atoms with Crippen molar-refractivity contribution in [2.75, 3.05) is 26.2 Å². The van der Waals surface area contributed by atoms with Crippen LogP contribution < -0.4 is 14.8 Å². The number of hydrogen-bond acceptors (Lipinski definition) is 6. The molecule has 1 amide bonds. The maximum atomic E-state index is 13.2. The van der Waals surface area contributed by atoms with Crippen molar-refractivity contribution >= 4 is 22.4 Å². The number of rotatable bonds is 6. The fourth-order valence-corrected chi connectivity index (χ4v) is 5.26. The molecule has 0 saturated heterocycles. The molecule has 2 aliphatic rings. The number of carbonyl (C=O) groups is 1. The summed E-state index contributed by atoms with van der Waals surface area (Å²) in [7, 11) is 4.13. The Kier molecular flexibility index (Phi) is 4.95. The fourth-order valence-electron chi connectivity index (χ4n) is 4.23. The van der Waals surface area contributed by atoms with Gasteiger partial charge < -0.3 is 14.8 Å². The smallest absolute Gasteiger partial charge is 0.236 e. The van der Waals surface area contributed by atoms with Crippen molar-refractivity contribution in [2.45, 2.75) is 31.2 Å². The molecule has 160 valence electrons. The number of nitrogens with zero attached hydrogens (tertiary/aromatic N) is 2. The summed E-state index contributed by atoms with van der Waals surface area (Å²) in [5.41, 5.74) is 2.94. The predicted molar refractivity (Wildman–Crippen MR) is 121 cm³/mol. The van der Waals surface area contributed by atoms with Gasteiger partial charge in [0.2, 0.25) is 12.7 Å². The molecule has 1 fully saturated rings. The highest BCUT2D eigenvalue weighted by atomic mass is 32.1. The molecule has 3 aromatic rings. The molecule has 1 N–H and O–H groups in total. The van der Waals surface area contributed by atoms with E-state index in [1.807, 2.05) is 24.4 Å². The van der Waals surface area contributed by atoms with Gasteiger partial charge in [-0.1, -0.05) is 41.7 Å². The summed E-state index contributed by atoms with van der Waals surface area (Å²) < 4.78 is 10.9. The number of aryl methyl sites for hydroxylation is 1. The molecule has 31 heavy (non-hydrogen) atoms. The third kappa shape index (κ3) is 3.58. The minimum Gasteiger partial charge on any atom is -0.454 e. The average molecular weight is 436 g/mol. The Morgan fingerprint density at radius 2 is 1.94 bits per heavy atom. The lowest BCUT2D eigenvalue weighted by molar-refractivity contribution is -0.118. The highest BCUT2D eigenvalue weighted by molar-refractivity contribution is 7.15. The number of hydrogen-bond donors (Lipinski definition) is 1. The summed E-state index contributed by atoms with van der Waals surface area (Å²) in [4.78, 5) is 21.0. The summed E-state index contributed by atoms with van der Waals surface area (Å²) in [6.07, 6.45) is 3.51. The van der Waals surface area contributed by atoms with Crippen LogP contribution in [0.4, 0.5) is 5.13 Å². The van der Waals surface area contributed by atoms with Gasteiger partial charge in [0.25, 0.3) is 0 Å². The van der Waals surface area contributed by atoms with Gasteiger partial charge in [0, 0.05) is 11.1 Å². The number of amides is 1. The van der Waals surface area contributed by atoms with Crippen LogP contribution in [0.2, 0.25) is 0 Å². The van der Waals surface area contributed by atoms with Crippen molar-refractivity contribution in [1.82, 2.24) is 9.88 Å². The first-order chi connectivity index (χ1) is 15.0. The Balaban J connectivity index is 1.37. The summed E-state index contributed by atoms with van der Waals surface area (Å²) >= 11 is 1.53. The maximum Gasteiger partial charge on any atom is 0.236 e. The average Bonchev–Trinajstić information content (AvgIpc) is 3.22. The van der Waals surface area contributed by atoms with Gasteiger partial charge in [-0.15, -0.1) is 0 Å². The monoisotopic (exact) mass is 435 g/mol. The van der Waals surface area contributed by atoms with E-state index < -0.39 is 5.41 Å². The zero-order chi connectivity index (χ0) is 21.6. The van der Waals surface area contributed by atoms with Crippen molar-refractivity contribution in [3.05, 3.63) is 70.2 Å². The summed E-state index contributed by atoms with van der Waals surface area (Å²) in [5, 5.41) is 3.70. The summed E-state index contributed by atoms with van der Waals surface area (Å²) in [5.74, 6) is 1.43. The molecule has 7 heteroatoms. The topological polar surface area (TPSA) is 63.7 Å². The molecule has 1 atom stereocenters. The lowest BCUT2D eigenvalue weighted by Gasteiger charge is -2.24. The third-order valence-electron chi connectivity index (χ3n) is 6.12. The number of ether oxygens (including phenoxy) is 2. The van der Waals surface area contributed by atoms with Crippen LogP contribution in [-0.2, 0) is 10.2 Å². The van der Waals surface area contributed by atoms with E-state index >= 15 is 0 Å². The Hall–Kier alpha value is -2.90. The minimum atomic E-state index is -0.510. The molecular formula is C24H25N3O3S. The minimum absolute atomic E-state index is 0.00967. The van der Waals surface area contributed by atoms with Crippen LogP contribution in [0.3, 0.4) is 0 Å². The van der Waals surface area contributed by atoms with E-state index in [9.17, 15) is 4.79 Å². The molecule has 5 rings (SSSR count). The number of anilines is 1. The standard InChI is InChI=1S/C24H25N3O3S/c1-15-6-4-5-7-17(15)21(27(2)3)20-13-25-23(31-20)26-22(28)24(10-11-24)16-8-9-18-19(12-16)30-14-29-18/h4-9,12-13,21H,10-11,14H2,1-3H3,(H,25,26,28). The lowest BCUT2D eigenvalue weighted by atomic mass is 9.94. The number of carbonyl (C=O) groups excluding carboxylic acids is 1. The molecular weight excluding hydrogens is 410 g/mol. The van der Waals surface area contributed by atoms with Crippen LogP contribution in [0.1, 0.15) is 40.5 Å². The van der Waals surface area contributed by atoms with Gasteiger partial charge in [-0.25, -0.2) is 4.98 Å². The maximum absolute atomic E-state index is 13.2. The normalized spacial score (nSPS) is 16.9. The number of aromatic nitrogens is 1. The molecule has 1 aliphatic heterocycles. The lowest BCUT2D eigenvalue weighted by Crippen LogP contribution is -2.27. The first-order valence-electron chi connectivity index (χ1n) is 10.4. The first kappa shape index (κ1) is 20.0.